The van der Waals surface area contributed by atoms with E-state index in [0.29, 0.717) is 22.3 Å². The lowest BCUT2D eigenvalue weighted by atomic mass is 9.94. The molecule has 0 atom stereocenters. The molecule has 30 heavy (non-hydrogen) atoms. The number of fused-ring (bicyclic) bond motifs is 1. The van der Waals surface area contributed by atoms with Crippen molar-refractivity contribution in [1.29, 1.82) is 0 Å². The van der Waals surface area contributed by atoms with Crippen LogP contribution in [0.25, 0.3) is 33.2 Å². The summed E-state index contributed by atoms with van der Waals surface area (Å²) >= 11 is 0. The monoisotopic (exact) mass is 413 g/mol. The van der Waals surface area contributed by atoms with Gasteiger partial charge >= 0.3 is 6.18 Å². The van der Waals surface area contributed by atoms with Crippen LogP contribution in [0.5, 0.6) is 5.75 Å². The van der Waals surface area contributed by atoms with Crippen LogP contribution >= 0.6 is 0 Å². The molecule has 0 fully saturated rings. The summed E-state index contributed by atoms with van der Waals surface area (Å²) < 4.78 is 51.9. The van der Waals surface area contributed by atoms with E-state index in [1.54, 1.807) is 25.1 Å². The zero-order valence-electron chi connectivity index (χ0n) is 15.6. The lowest BCUT2D eigenvalue weighted by Gasteiger charge is -2.13. The molecule has 1 aromatic heterocycles. The third-order valence-electron chi connectivity index (χ3n) is 5.00. The van der Waals surface area contributed by atoms with E-state index in [9.17, 15) is 27.5 Å². The number of hydrogen-bond donors (Lipinski definition) is 2. The number of alkyl halides is 3. The number of hydrogen-bond acceptors (Lipinski definition) is 2. The Morgan fingerprint density at radius 2 is 1.57 bits per heavy atom. The zero-order valence-corrected chi connectivity index (χ0v) is 15.6. The molecule has 0 amide bonds. The van der Waals surface area contributed by atoms with Crippen molar-refractivity contribution in [3.05, 3.63) is 88.0 Å². The minimum absolute atomic E-state index is 0.0142. The highest BCUT2D eigenvalue weighted by atomic mass is 19.4. The number of aromatic hydroxyl groups is 1. The van der Waals surface area contributed by atoms with Crippen molar-refractivity contribution in [2.45, 2.75) is 13.1 Å². The molecular formula is C23H15F4NO2. The fraction of sp³-hybridized carbons (Fsp3) is 0.0870. The number of nitrogens with one attached hydrogen (secondary N) is 1. The average Bonchev–Trinajstić information content (AvgIpc) is 2.68. The number of halogens is 4. The largest absolute Gasteiger partial charge is 0.506 e. The molecule has 3 aromatic carbocycles. The highest BCUT2D eigenvalue weighted by Gasteiger charge is 2.30. The molecule has 0 aliphatic rings. The van der Waals surface area contributed by atoms with E-state index in [-0.39, 0.29) is 22.2 Å². The first-order valence-corrected chi connectivity index (χ1v) is 8.98. The molecule has 4 rings (SSSR count). The summed E-state index contributed by atoms with van der Waals surface area (Å²) in [6.07, 6.45) is -4.43. The Morgan fingerprint density at radius 1 is 0.900 bits per heavy atom. The Kier molecular flexibility index (Phi) is 4.61. The van der Waals surface area contributed by atoms with Gasteiger partial charge in [-0.2, -0.15) is 13.2 Å². The second kappa shape index (κ2) is 7.02. The first-order valence-electron chi connectivity index (χ1n) is 8.98. The molecule has 152 valence electrons. The van der Waals surface area contributed by atoms with Gasteiger partial charge in [-0.05, 0) is 65.6 Å². The fourth-order valence-electron chi connectivity index (χ4n) is 3.43. The molecule has 4 aromatic rings. The molecule has 7 heteroatoms. The van der Waals surface area contributed by atoms with E-state index >= 15 is 0 Å². The minimum atomic E-state index is -4.43. The van der Waals surface area contributed by atoms with Crippen LogP contribution < -0.4 is 5.56 Å². The van der Waals surface area contributed by atoms with Crippen molar-refractivity contribution in [3.8, 4) is 28.0 Å². The predicted molar refractivity (Wildman–Crippen MR) is 107 cm³/mol. The Bertz CT molecular complexity index is 1320. The zero-order chi connectivity index (χ0) is 21.6. The normalized spacial score (nSPS) is 11.8. The molecule has 0 saturated carbocycles. The number of benzene rings is 3. The van der Waals surface area contributed by atoms with Crippen LogP contribution in [0.1, 0.15) is 11.1 Å². The van der Waals surface area contributed by atoms with E-state index in [2.05, 4.69) is 4.98 Å². The van der Waals surface area contributed by atoms with Gasteiger partial charge in [-0.25, -0.2) is 4.39 Å². The number of H-pyrrole nitrogens is 1. The van der Waals surface area contributed by atoms with Gasteiger partial charge in [0.05, 0.1) is 16.6 Å². The van der Waals surface area contributed by atoms with E-state index in [4.69, 9.17) is 0 Å². The van der Waals surface area contributed by atoms with Crippen LogP contribution in [0.15, 0.2) is 65.5 Å². The first kappa shape index (κ1) is 19.7. The first-order chi connectivity index (χ1) is 14.1. The smallest absolute Gasteiger partial charge is 0.416 e. The summed E-state index contributed by atoms with van der Waals surface area (Å²) in [5, 5.41) is 11.0. The fourth-order valence-corrected chi connectivity index (χ4v) is 3.43. The van der Waals surface area contributed by atoms with E-state index < -0.39 is 23.1 Å². The van der Waals surface area contributed by atoms with Gasteiger partial charge in [0.25, 0.3) is 5.56 Å². The quantitative estimate of drug-likeness (QED) is 0.394. The van der Waals surface area contributed by atoms with Crippen molar-refractivity contribution in [3.63, 3.8) is 0 Å². The standard InChI is InChI=1S/C23H15F4NO2/c1-12-2-3-14(13-4-6-15(7-5-13)23(25,26)27)10-18(12)20-21(29)17-9-8-16(24)11-19(17)28-22(20)30/h2-11H,1H3,(H2,28,29,30). The van der Waals surface area contributed by atoms with Crippen LogP contribution in [-0.2, 0) is 6.18 Å². The number of pyridine rings is 1. The third-order valence-corrected chi connectivity index (χ3v) is 5.00. The summed E-state index contributed by atoms with van der Waals surface area (Å²) in [6, 6.07) is 13.4. The maximum Gasteiger partial charge on any atom is 0.416 e. The van der Waals surface area contributed by atoms with Crippen molar-refractivity contribution in [1.82, 2.24) is 4.98 Å². The van der Waals surface area contributed by atoms with Gasteiger partial charge in [0.1, 0.15) is 11.6 Å². The van der Waals surface area contributed by atoms with Crippen LogP contribution in [-0.4, -0.2) is 10.1 Å². The molecule has 0 radical (unpaired) electrons. The van der Waals surface area contributed by atoms with Crippen molar-refractivity contribution >= 4 is 10.9 Å². The minimum Gasteiger partial charge on any atom is -0.506 e. The highest BCUT2D eigenvalue weighted by molar-refractivity contribution is 5.92. The van der Waals surface area contributed by atoms with Gasteiger partial charge in [-0.3, -0.25) is 4.79 Å². The van der Waals surface area contributed by atoms with E-state index in [0.717, 1.165) is 18.2 Å². The predicted octanol–water partition coefficient (Wildman–Crippen LogP) is 6.03. The molecule has 0 aliphatic heterocycles. The van der Waals surface area contributed by atoms with E-state index in [1.165, 1.54) is 24.3 Å². The summed E-state index contributed by atoms with van der Waals surface area (Å²) in [5.74, 6) is -0.841. The molecule has 0 bridgehead atoms. The summed E-state index contributed by atoms with van der Waals surface area (Å²) in [4.78, 5) is 15.2. The molecule has 3 nitrogen and oxygen atoms in total. The topological polar surface area (TPSA) is 53.1 Å². The SMILES string of the molecule is Cc1ccc(-c2ccc(C(F)(F)F)cc2)cc1-c1c(O)c2ccc(F)cc2[nH]c1=O. The molecule has 1 heterocycles. The summed E-state index contributed by atoms with van der Waals surface area (Å²) in [5.41, 5.74) is 1.06. The second-order valence-electron chi connectivity index (χ2n) is 6.97. The molecular weight excluding hydrogens is 398 g/mol. The van der Waals surface area contributed by atoms with Gasteiger partial charge in [-0.15, -0.1) is 0 Å². The van der Waals surface area contributed by atoms with Gasteiger partial charge in [0.2, 0.25) is 0 Å². The highest BCUT2D eigenvalue weighted by Crippen LogP contribution is 2.36. The lowest BCUT2D eigenvalue weighted by molar-refractivity contribution is -0.137. The maximum atomic E-state index is 13.5. The number of rotatable bonds is 2. The van der Waals surface area contributed by atoms with Gasteiger partial charge in [-0.1, -0.05) is 24.3 Å². The van der Waals surface area contributed by atoms with Gasteiger partial charge < -0.3 is 10.1 Å². The third kappa shape index (κ3) is 3.43. The molecule has 0 unspecified atom stereocenters. The molecule has 2 N–H and O–H groups in total. The summed E-state index contributed by atoms with van der Waals surface area (Å²) in [7, 11) is 0. The average molecular weight is 413 g/mol. The summed E-state index contributed by atoms with van der Waals surface area (Å²) in [6.45, 7) is 1.75. The van der Waals surface area contributed by atoms with Crippen LogP contribution in [0.2, 0.25) is 0 Å². The van der Waals surface area contributed by atoms with Crippen LogP contribution in [0.3, 0.4) is 0 Å². The lowest BCUT2D eigenvalue weighted by Crippen LogP contribution is -2.10. The Balaban J connectivity index is 1.87. The van der Waals surface area contributed by atoms with E-state index in [1.807, 2.05) is 0 Å². The van der Waals surface area contributed by atoms with Crippen LogP contribution in [0.4, 0.5) is 17.6 Å². The van der Waals surface area contributed by atoms with Crippen LogP contribution in [0, 0.1) is 12.7 Å². The Hall–Kier alpha value is -3.61. The van der Waals surface area contributed by atoms with Crippen molar-refractivity contribution < 1.29 is 22.7 Å². The Morgan fingerprint density at radius 3 is 2.23 bits per heavy atom. The number of aromatic nitrogens is 1. The second-order valence-corrected chi connectivity index (χ2v) is 6.97. The van der Waals surface area contributed by atoms with Crippen molar-refractivity contribution in [2.75, 3.05) is 0 Å². The molecule has 0 aliphatic carbocycles. The maximum absolute atomic E-state index is 13.5. The number of aryl methyl sites for hydroxylation is 1. The van der Waals surface area contributed by atoms with Crippen molar-refractivity contribution in [2.24, 2.45) is 0 Å². The molecule has 0 saturated heterocycles. The van der Waals surface area contributed by atoms with Gasteiger partial charge in [0, 0.05) is 5.39 Å². The number of aromatic amines is 1. The Labute approximate surface area is 168 Å². The van der Waals surface area contributed by atoms with Gasteiger partial charge in [0.15, 0.2) is 0 Å². The molecule has 0 spiro atoms.